The van der Waals surface area contributed by atoms with E-state index in [4.69, 9.17) is 9.95 Å². The van der Waals surface area contributed by atoms with E-state index in [0.717, 1.165) is 17.5 Å². The number of anilines is 1. The van der Waals surface area contributed by atoms with Gasteiger partial charge in [-0.05, 0) is 24.4 Å². The Morgan fingerprint density at radius 3 is 2.52 bits per heavy atom. The van der Waals surface area contributed by atoms with Crippen molar-refractivity contribution in [3.05, 3.63) is 52.1 Å². The van der Waals surface area contributed by atoms with Gasteiger partial charge in [0.15, 0.2) is 0 Å². The van der Waals surface area contributed by atoms with Gasteiger partial charge in [0.05, 0.1) is 12.8 Å². The number of sulfonamides is 1. The van der Waals surface area contributed by atoms with Gasteiger partial charge in [-0.1, -0.05) is 48.8 Å². The first-order valence-corrected chi connectivity index (χ1v) is 9.91. The average molecular weight is 362 g/mol. The molecule has 0 saturated carbocycles. The maximum Gasteiger partial charge on any atom is 0.234 e. The highest BCUT2D eigenvalue weighted by Gasteiger charge is 2.27. The summed E-state index contributed by atoms with van der Waals surface area (Å²) in [4.78, 5) is 2.76. The number of hydrogen-bond acceptors (Lipinski definition) is 4. The molecular formula is C17H22N4O3S. The van der Waals surface area contributed by atoms with Crippen LogP contribution in [0.15, 0.2) is 39.9 Å². The molecule has 0 N–H and O–H groups in total. The summed E-state index contributed by atoms with van der Waals surface area (Å²) >= 11 is 0. The normalized spacial score (nSPS) is 11.2. The summed E-state index contributed by atoms with van der Waals surface area (Å²) in [6.07, 6.45) is 2.74. The molecule has 1 aromatic carbocycles. The molecule has 0 aliphatic heterocycles. The van der Waals surface area contributed by atoms with Gasteiger partial charge < -0.3 is 4.42 Å². The first-order chi connectivity index (χ1) is 11.9. The minimum absolute atomic E-state index is 0.0353. The molecule has 134 valence electrons. The zero-order valence-corrected chi connectivity index (χ0v) is 15.5. The molecular weight excluding hydrogens is 340 g/mol. The van der Waals surface area contributed by atoms with Crippen molar-refractivity contribution in [2.24, 2.45) is 5.11 Å². The van der Waals surface area contributed by atoms with E-state index in [-0.39, 0.29) is 12.4 Å². The highest BCUT2D eigenvalue weighted by molar-refractivity contribution is 7.92. The monoisotopic (exact) mass is 362 g/mol. The predicted molar refractivity (Wildman–Crippen MR) is 98.8 cm³/mol. The summed E-state index contributed by atoms with van der Waals surface area (Å²) in [5.74, 6) is 0.750. The lowest BCUT2D eigenvalue weighted by molar-refractivity contribution is 0.506. The molecule has 2 aromatic rings. The fourth-order valence-electron chi connectivity index (χ4n) is 2.63. The van der Waals surface area contributed by atoms with Gasteiger partial charge in [-0.15, -0.1) is 0 Å². The third-order valence-electron chi connectivity index (χ3n) is 3.91. The molecule has 7 nitrogen and oxygen atoms in total. The Bertz CT molecular complexity index is 869. The fourth-order valence-corrected chi connectivity index (χ4v) is 3.52. The minimum Gasteiger partial charge on any atom is -0.443 e. The number of hydrogen-bond donors (Lipinski definition) is 0. The molecule has 0 bridgehead atoms. The SMILES string of the molecule is CCCCN(c1oc(CN=[N+]=[N-])c(C)c1-c1ccccc1)S(C)(=O)=O. The lowest BCUT2D eigenvalue weighted by Gasteiger charge is -2.21. The number of nitrogens with zero attached hydrogens (tertiary/aromatic N) is 4. The van der Waals surface area contributed by atoms with Crippen LogP contribution in [0.5, 0.6) is 0 Å². The first kappa shape index (κ1) is 18.9. The summed E-state index contributed by atoms with van der Waals surface area (Å²) < 4.78 is 31.8. The quantitative estimate of drug-likeness (QED) is 0.389. The van der Waals surface area contributed by atoms with Crippen LogP contribution in [0.25, 0.3) is 21.6 Å². The molecule has 0 aliphatic carbocycles. The molecule has 0 unspecified atom stereocenters. The van der Waals surface area contributed by atoms with Crippen LogP contribution in [0, 0.1) is 6.92 Å². The molecule has 2 rings (SSSR count). The van der Waals surface area contributed by atoms with E-state index in [2.05, 4.69) is 10.0 Å². The van der Waals surface area contributed by atoms with Crippen molar-refractivity contribution >= 4 is 15.9 Å². The lowest BCUT2D eigenvalue weighted by atomic mass is 10.0. The van der Waals surface area contributed by atoms with Crippen LogP contribution >= 0.6 is 0 Å². The average Bonchev–Trinajstić information content (AvgIpc) is 2.89. The van der Waals surface area contributed by atoms with Crippen LogP contribution < -0.4 is 4.31 Å². The third kappa shape index (κ3) is 4.35. The molecule has 8 heteroatoms. The second kappa shape index (κ2) is 8.09. The Labute approximate surface area is 147 Å². The van der Waals surface area contributed by atoms with Crippen molar-refractivity contribution in [3.8, 4) is 11.1 Å². The lowest BCUT2D eigenvalue weighted by Crippen LogP contribution is -2.30. The summed E-state index contributed by atoms with van der Waals surface area (Å²) in [6, 6.07) is 9.47. The van der Waals surface area contributed by atoms with Crippen LogP contribution in [-0.4, -0.2) is 21.2 Å². The van der Waals surface area contributed by atoms with Crippen LogP contribution in [-0.2, 0) is 16.6 Å². The zero-order chi connectivity index (χ0) is 18.4. The Balaban J connectivity index is 2.67. The van der Waals surface area contributed by atoms with E-state index < -0.39 is 10.0 Å². The predicted octanol–water partition coefficient (Wildman–Crippen LogP) is 4.63. The number of rotatable bonds is 8. The molecule has 0 aliphatic rings. The van der Waals surface area contributed by atoms with Crippen molar-refractivity contribution in [1.29, 1.82) is 0 Å². The third-order valence-corrected chi connectivity index (χ3v) is 5.06. The van der Waals surface area contributed by atoms with E-state index in [9.17, 15) is 8.42 Å². The standard InChI is InChI=1S/C17H22N4O3S/c1-4-5-11-21(25(3,22)23)17-16(14-9-7-6-8-10-14)13(2)15(24-17)12-19-20-18/h6-10H,4-5,11-12H2,1-3H3. The van der Waals surface area contributed by atoms with E-state index in [0.29, 0.717) is 24.3 Å². The van der Waals surface area contributed by atoms with Gasteiger partial charge in [-0.25, -0.2) is 12.7 Å². The number of unbranched alkanes of at least 4 members (excludes halogenated alkanes) is 1. The second-order valence-corrected chi connectivity index (χ2v) is 7.68. The Morgan fingerprint density at radius 2 is 1.96 bits per heavy atom. The molecule has 0 saturated heterocycles. The van der Waals surface area contributed by atoms with Gasteiger partial charge in [0.1, 0.15) is 5.76 Å². The Morgan fingerprint density at radius 1 is 1.28 bits per heavy atom. The number of azide groups is 1. The maximum absolute atomic E-state index is 12.3. The Kier molecular flexibility index (Phi) is 6.12. The van der Waals surface area contributed by atoms with Gasteiger partial charge in [-0.3, -0.25) is 0 Å². The van der Waals surface area contributed by atoms with E-state index >= 15 is 0 Å². The van der Waals surface area contributed by atoms with Crippen molar-refractivity contribution < 1.29 is 12.8 Å². The fraction of sp³-hybridized carbons (Fsp3) is 0.412. The topological polar surface area (TPSA) is 99.3 Å². The zero-order valence-electron chi connectivity index (χ0n) is 14.6. The second-order valence-electron chi connectivity index (χ2n) is 5.77. The van der Waals surface area contributed by atoms with Gasteiger partial charge >= 0.3 is 0 Å². The first-order valence-electron chi connectivity index (χ1n) is 8.06. The van der Waals surface area contributed by atoms with Crippen LogP contribution in [0.1, 0.15) is 31.1 Å². The molecule has 0 atom stereocenters. The van der Waals surface area contributed by atoms with Crippen molar-refractivity contribution in [1.82, 2.24) is 0 Å². The van der Waals surface area contributed by atoms with Crippen LogP contribution in [0.4, 0.5) is 5.88 Å². The number of furan rings is 1. The minimum atomic E-state index is -3.51. The molecule has 25 heavy (non-hydrogen) atoms. The van der Waals surface area contributed by atoms with Crippen molar-refractivity contribution in [2.45, 2.75) is 33.2 Å². The van der Waals surface area contributed by atoms with Crippen LogP contribution in [0.3, 0.4) is 0 Å². The largest absolute Gasteiger partial charge is 0.443 e. The van der Waals surface area contributed by atoms with Gasteiger partial charge in [-0.2, -0.15) is 0 Å². The Hall–Kier alpha value is -2.44. The molecule has 0 spiro atoms. The van der Waals surface area contributed by atoms with Crippen molar-refractivity contribution in [2.75, 3.05) is 17.1 Å². The summed E-state index contributed by atoms with van der Waals surface area (Å²) in [5, 5.41) is 3.55. The molecule has 0 amide bonds. The smallest absolute Gasteiger partial charge is 0.234 e. The summed E-state index contributed by atoms with van der Waals surface area (Å²) in [7, 11) is -3.51. The van der Waals surface area contributed by atoms with Crippen LogP contribution in [0.2, 0.25) is 0 Å². The summed E-state index contributed by atoms with van der Waals surface area (Å²) in [5.41, 5.74) is 10.9. The molecule has 0 fully saturated rings. The highest BCUT2D eigenvalue weighted by Crippen LogP contribution is 2.39. The molecule has 1 aromatic heterocycles. The number of benzene rings is 1. The van der Waals surface area contributed by atoms with Gasteiger partial charge in [0.2, 0.25) is 15.9 Å². The van der Waals surface area contributed by atoms with E-state index in [1.54, 1.807) is 0 Å². The maximum atomic E-state index is 12.3. The molecule has 1 heterocycles. The van der Waals surface area contributed by atoms with Gasteiger partial charge in [0.25, 0.3) is 0 Å². The van der Waals surface area contributed by atoms with E-state index in [1.807, 2.05) is 44.2 Å². The van der Waals surface area contributed by atoms with E-state index in [1.165, 1.54) is 10.6 Å². The highest BCUT2D eigenvalue weighted by atomic mass is 32.2. The molecule has 0 radical (unpaired) electrons. The van der Waals surface area contributed by atoms with Gasteiger partial charge in [0, 0.05) is 22.6 Å². The summed E-state index contributed by atoms with van der Waals surface area (Å²) in [6.45, 7) is 4.22. The van der Waals surface area contributed by atoms with Crippen molar-refractivity contribution in [3.63, 3.8) is 0 Å².